The van der Waals surface area contributed by atoms with Gasteiger partial charge in [-0.1, -0.05) is 34.1 Å². The molecule has 0 N–H and O–H groups in total. The third kappa shape index (κ3) is 3.97. The molecule has 0 saturated carbocycles. The molecular weight excluding hydrogens is 386 g/mol. The average Bonchev–Trinajstić information content (AvgIpc) is 2.96. The summed E-state index contributed by atoms with van der Waals surface area (Å²) in [6.45, 7) is 0.925. The van der Waals surface area contributed by atoms with Crippen molar-refractivity contribution in [3.8, 4) is 11.4 Å². The average molecular weight is 404 g/mol. The van der Waals surface area contributed by atoms with Crippen LogP contribution in [0.1, 0.15) is 5.56 Å². The van der Waals surface area contributed by atoms with E-state index in [-0.39, 0.29) is 5.69 Å². The van der Waals surface area contributed by atoms with E-state index < -0.39 is 0 Å². The van der Waals surface area contributed by atoms with E-state index in [1.807, 2.05) is 60.5 Å². The first-order chi connectivity index (χ1) is 12.1. The van der Waals surface area contributed by atoms with Crippen LogP contribution in [0.15, 0.2) is 57.8 Å². The molecule has 3 rings (SSSR count). The Bertz CT molecular complexity index is 907. The van der Waals surface area contributed by atoms with Crippen molar-refractivity contribution in [1.82, 2.24) is 24.7 Å². The van der Waals surface area contributed by atoms with Crippen molar-refractivity contribution < 1.29 is 4.74 Å². The summed E-state index contributed by atoms with van der Waals surface area (Å²) in [5.74, 6) is 0.801. The fourth-order valence-corrected chi connectivity index (χ4v) is 2.94. The molecule has 0 fully saturated rings. The zero-order valence-electron chi connectivity index (χ0n) is 14.0. The molecule has 1 aromatic heterocycles. The lowest BCUT2D eigenvalue weighted by Crippen LogP contribution is -2.31. The Balaban J connectivity index is 1.76. The maximum absolute atomic E-state index is 12.5. The van der Waals surface area contributed by atoms with Gasteiger partial charge in [0.15, 0.2) is 0 Å². The number of tetrazole rings is 1. The molecule has 0 saturated heterocycles. The number of benzene rings is 2. The highest BCUT2D eigenvalue weighted by Gasteiger charge is 2.12. The lowest BCUT2D eigenvalue weighted by atomic mass is 10.2. The smallest absolute Gasteiger partial charge is 0.369 e. The molecule has 0 aliphatic rings. The second-order valence-corrected chi connectivity index (χ2v) is 6.54. The summed E-state index contributed by atoms with van der Waals surface area (Å²) in [7, 11) is 3.55. The summed E-state index contributed by atoms with van der Waals surface area (Å²) >= 11 is 3.47. The number of ether oxygens (including phenoxy) is 1. The molecule has 0 aliphatic heterocycles. The first-order valence-corrected chi connectivity index (χ1v) is 8.47. The van der Waals surface area contributed by atoms with Crippen LogP contribution >= 0.6 is 15.9 Å². The third-order valence-corrected chi connectivity index (χ3v) is 4.19. The van der Waals surface area contributed by atoms with Crippen LogP contribution in [-0.4, -0.2) is 38.8 Å². The Morgan fingerprint density at radius 3 is 2.64 bits per heavy atom. The number of hydrogen-bond acceptors (Lipinski definition) is 5. The van der Waals surface area contributed by atoms with Crippen LogP contribution in [0.4, 0.5) is 0 Å². The molecule has 0 bridgehead atoms. The Hall–Kier alpha value is -2.45. The van der Waals surface area contributed by atoms with Crippen LogP contribution in [-0.2, 0) is 13.2 Å². The van der Waals surface area contributed by atoms with Gasteiger partial charge in [-0.2, -0.15) is 9.36 Å². The molecule has 130 valence electrons. The standard InChI is InChI=1S/C17H18BrN5O2/c1-21(11-13-10-14(18)8-9-16(13)25-2)12-22-17(24)23(20-19-22)15-6-4-3-5-7-15/h3-10H,11-12H2,1-2H3. The van der Waals surface area contributed by atoms with Crippen molar-refractivity contribution in [2.45, 2.75) is 13.2 Å². The fourth-order valence-electron chi connectivity index (χ4n) is 2.53. The second kappa shape index (κ2) is 7.62. The SMILES string of the molecule is COc1ccc(Br)cc1CN(C)Cn1nnn(-c2ccccc2)c1=O. The predicted molar refractivity (Wildman–Crippen MR) is 97.8 cm³/mol. The molecule has 25 heavy (non-hydrogen) atoms. The fraction of sp³-hybridized carbons (Fsp3) is 0.235. The number of halogens is 1. The highest BCUT2D eigenvalue weighted by Crippen LogP contribution is 2.24. The Kier molecular flexibility index (Phi) is 5.30. The summed E-state index contributed by atoms with van der Waals surface area (Å²) in [6, 6.07) is 15.1. The van der Waals surface area contributed by atoms with E-state index in [0.717, 1.165) is 15.8 Å². The third-order valence-electron chi connectivity index (χ3n) is 3.70. The van der Waals surface area contributed by atoms with Crippen LogP contribution in [0, 0.1) is 0 Å². The lowest BCUT2D eigenvalue weighted by Gasteiger charge is -2.17. The molecule has 0 spiro atoms. The Labute approximate surface area is 153 Å². The first kappa shape index (κ1) is 17.4. The topological polar surface area (TPSA) is 65.2 Å². The summed E-state index contributed by atoms with van der Waals surface area (Å²) in [6.07, 6.45) is 0. The van der Waals surface area contributed by atoms with Gasteiger partial charge >= 0.3 is 5.69 Å². The predicted octanol–water partition coefficient (Wildman–Crippen LogP) is 2.29. The molecular formula is C17H18BrN5O2. The van der Waals surface area contributed by atoms with Gasteiger partial charge in [0.05, 0.1) is 12.8 Å². The summed E-state index contributed by atoms with van der Waals surface area (Å²) in [4.78, 5) is 14.4. The number of methoxy groups -OCH3 is 1. The molecule has 0 unspecified atom stereocenters. The van der Waals surface area contributed by atoms with Crippen molar-refractivity contribution >= 4 is 15.9 Å². The minimum atomic E-state index is -0.278. The van der Waals surface area contributed by atoms with E-state index in [2.05, 4.69) is 26.4 Å². The van der Waals surface area contributed by atoms with Gasteiger partial charge in [-0.3, -0.25) is 4.90 Å². The molecule has 1 heterocycles. The largest absolute Gasteiger partial charge is 0.496 e. The number of nitrogens with zero attached hydrogens (tertiary/aromatic N) is 5. The van der Waals surface area contributed by atoms with E-state index in [4.69, 9.17) is 4.74 Å². The summed E-state index contributed by atoms with van der Waals surface area (Å²) < 4.78 is 8.98. The number of hydrogen-bond donors (Lipinski definition) is 0. The monoisotopic (exact) mass is 403 g/mol. The van der Waals surface area contributed by atoms with Gasteiger partial charge in [0.1, 0.15) is 12.4 Å². The highest BCUT2D eigenvalue weighted by atomic mass is 79.9. The second-order valence-electron chi connectivity index (χ2n) is 5.62. The van der Waals surface area contributed by atoms with Crippen LogP contribution < -0.4 is 10.4 Å². The highest BCUT2D eigenvalue weighted by molar-refractivity contribution is 9.10. The van der Waals surface area contributed by atoms with Gasteiger partial charge in [0.25, 0.3) is 0 Å². The van der Waals surface area contributed by atoms with Crippen molar-refractivity contribution in [2.75, 3.05) is 14.2 Å². The van der Waals surface area contributed by atoms with Gasteiger partial charge in [-0.15, -0.1) is 0 Å². The van der Waals surface area contributed by atoms with Gasteiger partial charge in [-0.05, 0) is 47.8 Å². The zero-order valence-corrected chi connectivity index (χ0v) is 15.5. The van der Waals surface area contributed by atoms with E-state index >= 15 is 0 Å². The lowest BCUT2D eigenvalue weighted by molar-refractivity contribution is 0.236. The molecule has 7 nitrogen and oxygen atoms in total. The van der Waals surface area contributed by atoms with Crippen molar-refractivity contribution in [3.05, 3.63) is 69.1 Å². The molecule has 0 radical (unpaired) electrons. The van der Waals surface area contributed by atoms with Crippen molar-refractivity contribution in [1.29, 1.82) is 0 Å². The number of para-hydroxylation sites is 1. The van der Waals surface area contributed by atoms with E-state index in [9.17, 15) is 4.79 Å². The first-order valence-electron chi connectivity index (χ1n) is 7.67. The maximum atomic E-state index is 12.5. The van der Waals surface area contributed by atoms with Crippen LogP contribution in [0.5, 0.6) is 5.75 Å². The van der Waals surface area contributed by atoms with Gasteiger partial charge in [-0.25, -0.2) is 4.79 Å². The van der Waals surface area contributed by atoms with E-state index in [0.29, 0.717) is 18.9 Å². The Morgan fingerprint density at radius 2 is 1.92 bits per heavy atom. The van der Waals surface area contributed by atoms with E-state index in [1.54, 1.807) is 7.11 Å². The molecule has 2 aromatic carbocycles. The van der Waals surface area contributed by atoms with Gasteiger partial charge < -0.3 is 4.74 Å². The maximum Gasteiger partial charge on any atom is 0.369 e. The van der Waals surface area contributed by atoms with Crippen LogP contribution in [0.25, 0.3) is 5.69 Å². The van der Waals surface area contributed by atoms with Crippen molar-refractivity contribution in [2.24, 2.45) is 0 Å². The zero-order chi connectivity index (χ0) is 17.8. The number of rotatable bonds is 6. The minimum Gasteiger partial charge on any atom is -0.496 e. The van der Waals surface area contributed by atoms with Crippen LogP contribution in [0.2, 0.25) is 0 Å². The molecule has 0 aliphatic carbocycles. The summed E-state index contributed by atoms with van der Waals surface area (Å²) in [5.41, 5.74) is 1.43. The molecule has 8 heteroatoms. The Morgan fingerprint density at radius 1 is 1.16 bits per heavy atom. The quantitative estimate of drug-likeness (QED) is 0.631. The molecule has 0 atom stereocenters. The van der Waals surface area contributed by atoms with E-state index in [1.165, 1.54) is 9.36 Å². The number of aromatic nitrogens is 4. The molecule has 0 amide bonds. The van der Waals surface area contributed by atoms with Crippen LogP contribution in [0.3, 0.4) is 0 Å². The van der Waals surface area contributed by atoms with Gasteiger partial charge in [0.2, 0.25) is 0 Å². The summed E-state index contributed by atoms with van der Waals surface area (Å²) in [5, 5.41) is 7.92. The molecule has 3 aromatic rings. The minimum absolute atomic E-state index is 0.278. The normalized spacial score (nSPS) is 11.0. The van der Waals surface area contributed by atoms with Gasteiger partial charge in [0, 0.05) is 16.6 Å². The van der Waals surface area contributed by atoms with Crippen molar-refractivity contribution in [3.63, 3.8) is 0 Å².